The Balaban J connectivity index is 1.70. The first-order chi connectivity index (χ1) is 12.1. The molecule has 0 aromatic heterocycles. The van der Waals surface area contributed by atoms with E-state index in [2.05, 4.69) is 10.2 Å². The van der Waals surface area contributed by atoms with Gasteiger partial charge in [-0.3, -0.25) is 4.79 Å². The first kappa shape index (κ1) is 17.0. The average molecular weight is 338 g/mol. The van der Waals surface area contributed by atoms with Crippen LogP contribution in [0.5, 0.6) is 0 Å². The van der Waals surface area contributed by atoms with Gasteiger partial charge >= 0.3 is 5.97 Å². The van der Waals surface area contributed by atoms with E-state index in [1.807, 2.05) is 18.2 Å². The second-order valence-electron chi connectivity index (χ2n) is 6.25. The Kier molecular flexibility index (Phi) is 5.33. The highest BCUT2D eigenvalue weighted by Gasteiger charge is 2.22. The van der Waals surface area contributed by atoms with E-state index < -0.39 is 12.0 Å². The fourth-order valence-electron chi connectivity index (χ4n) is 3.12. The highest BCUT2D eigenvalue weighted by atomic mass is 16.4. The summed E-state index contributed by atoms with van der Waals surface area (Å²) in [5.41, 5.74) is 2.12. The van der Waals surface area contributed by atoms with Crippen LogP contribution in [0.4, 0.5) is 5.69 Å². The molecular weight excluding hydrogens is 316 g/mol. The molecule has 0 bridgehead atoms. The molecule has 1 aliphatic heterocycles. The number of anilines is 1. The number of hydrogen-bond acceptors (Lipinski definition) is 3. The minimum absolute atomic E-state index is 0.388. The number of carboxylic acid groups (broad SMARTS) is 1. The largest absolute Gasteiger partial charge is 0.479 e. The molecule has 2 aromatic rings. The smallest absolute Gasteiger partial charge is 0.330 e. The lowest BCUT2D eigenvalue weighted by molar-refractivity contribution is -0.139. The van der Waals surface area contributed by atoms with Crippen molar-refractivity contribution in [2.45, 2.75) is 25.3 Å². The molecule has 1 heterocycles. The quantitative estimate of drug-likeness (QED) is 0.878. The molecule has 1 fully saturated rings. The van der Waals surface area contributed by atoms with Crippen molar-refractivity contribution in [3.8, 4) is 0 Å². The van der Waals surface area contributed by atoms with Crippen LogP contribution in [0.3, 0.4) is 0 Å². The van der Waals surface area contributed by atoms with Gasteiger partial charge in [-0.15, -0.1) is 0 Å². The molecule has 3 rings (SSSR count). The summed E-state index contributed by atoms with van der Waals surface area (Å²) >= 11 is 0. The number of nitrogens with one attached hydrogen (secondary N) is 1. The fourth-order valence-corrected chi connectivity index (χ4v) is 3.12. The molecule has 0 radical (unpaired) electrons. The summed E-state index contributed by atoms with van der Waals surface area (Å²) in [6.45, 7) is 2.08. The number of nitrogens with zero attached hydrogens (tertiary/aromatic N) is 1. The molecule has 2 N–H and O–H groups in total. The summed E-state index contributed by atoms with van der Waals surface area (Å²) in [7, 11) is 0. The van der Waals surface area contributed by atoms with Gasteiger partial charge < -0.3 is 15.3 Å². The molecule has 1 atom stereocenters. The number of hydrogen-bond donors (Lipinski definition) is 2. The monoisotopic (exact) mass is 338 g/mol. The highest BCUT2D eigenvalue weighted by Crippen LogP contribution is 2.21. The van der Waals surface area contributed by atoms with Gasteiger partial charge in [0.05, 0.1) is 0 Å². The highest BCUT2D eigenvalue weighted by molar-refractivity contribution is 5.97. The van der Waals surface area contributed by atoms with E-state index >= 15 is 0 Å². The van der Waals surface area contributed by atoms with Crippen LogP contribution in [-0.2, 0) is 4.79 Å². The standard InChI is InChI=1S/C20H22N2O3/c23-19(21-18(20(24)25)15-7-3-1-4-8-15)16-9-11-17(12-10-16)22-13-5-2-6-14-22/h1,3-4,7-12,18H,2,5-6,13-14H2,(H,21,23)(H,24,25)/t18-/m1/s1. The van der Waals surface area contributed by atoms with Crippen molar-refractivity contribution in [3.05, 3.63) is 65.7 Å². The minimum atomic E-state index is -1.08. The molecule has 0 unspecified atom stereocenters. The van der Waals surface area contributed by atoms with Crippen molar-refractivity contribution in [2.75, 3.05) is 18.0 Å². The van der Waals surface area contributed by atoms with E-state index in [1.165, 1.54) is 19.3 Å². The Morgan fingerprint density at radius 2 is 1.56 bits per heavy atom. The summed E-state index contributed by atoms with van der Waals surface area (Å²) in [5, 5.41) is 12.0. The number of carbonyl (C=O) groups is 2. The van der Waals surface area contributed by atoms with Crippen LogP contribution in [0.2, 0.25) is 0 Å². The van der Waals surface area contributed by atoms with Crippen LogP contribution < -0.4 is 10.2 Å². The van der Waals surface area contributed by atoms with E-state index in [4.69, 9.17) is 0 Å². The number of aliphatic carboxylic acids is 1. The van der Waals surface area contributed by atoms with Crippen LogP contribution in [0, 0.1) is 0 Å². The third kappa shape index (κ3) is 4.18. The number of piperidine rings is 1. The zero-order valence-corrected chi connectivity index (χ0v) is 14.0. The number of benzene rings is 2. The molecule has 5 heteroatoms. The van der Waals surface area contributed by atoms with Crippen LogP contribution in [0.15, 0.2) is 54.6 Å². The van der Waals surface area contributed by atoms with Crippen molar-refractivity contribution >= 4 is 17.6 Å². The molecule has 1 amide bonds. The molecule has 130 valence electrons. The molecule has 1 aliphatic rings. The maximum atomic E-state index is 12.4. The Morgan fingerprint density at radius 3 is 2.16 bits per heavy atom. The molecule has 25 heavy (non-hydrogen) atoms. The van der Waals surface area contributed by atoms with Gasteiger partial charge in [-0.25, -0.2) is 4.79 Å². The predicted octanol–water partition coefficient (Wildman–Crippen LogP) is 3.23. The Hall–Kier alpha value is -2.82. The molecule has 5 nitrogen and oxygen atoms in total. The number of amides is 1. The van der Waals surface area contributed by atoms with Gasteiger partial charge in [-0.05, 0) is 49.1 Å². The summed E-state index contributed by atoms with van der Waals surface area (Å²) < 4.78 is 0. The van der Waals surface area contributed by atoms with Crippen molar-refractivity contribution in [3.63, 3.8) is 0 Å². The summed E-state index contributed by atoms with van der Waals surface area (Å²) in [4.78, 5) is 26.3. The SMILES string of the molecule is O=C(N[C@@H](C(=O)O)c1ccccc1)c1ccc(N2CCCCC2)cc1. The Morgan fingerprint density at radius 1 is 0.920 bits per heavy atom. The van der Waals surface area contributed by atoms with E-state index in [9.17, 15) is 14.7 Å². The van der Waals surface area contributed by atoms with E-state index in [0.717, 1.165) is 18.8 Å². The van der Waals surface area contributed by atoms with Crippen molar-refractivity contribution in [1.82, 2.24) is 5.32 Å². The Bertz CT molecular complexity index is 722. The van der Waals surface area contributed by atoms with Crippen LogP contribution in [0.25, 0.3) is 0 Å². The first-order valence-electron chi connectivity index (χ1n) is 8.59. The van der Waals surface area contributed by atoms with Crippen LogP contribution in [-0.4, -0.2) is 30.1 Å². The number of rotatable bonds is 5. The predicted molar refractivity (Wildman–Crippen MR) is 96.8 cm³/mol. The average Bonchev–Trinajstić information content (AvgIpc) is 2.67. The second kappa shape index (κ2) is 7.83. The lowest BCUT2D eigenvalue weighted by Gasteiger charge is -2.28. The zero-order chi connectivity index (χ0) is 17.6. The maximum absolute atomic E-state index is 12.4. The number of carboxylic acids is 1. The Labute approximate surface area is 147 Å². The summed E-state index contributed by atoms with van der Waals surface area (Å²) in [5.74, 6) is -1.47. The van der Waals surface area contributed by atoms with Gasteiger partial charge in [0.15, 0.2) is 6.04 Å². The van der Waals surface area contributed by atoms with Gasteiger partial charge in [0, 0.05) is 24.3 Å². The van der Waals surface area contributed by atoms with Gasteiger partial charge in [0.2, 0.25) is 0 Å². The van der Waals surface area contributed by atoms with Gasteiger partial charge in [-0.2, -0.15) is 0 Å². The van der Waals surface area contributed by atoms with Gasteiger partial charge in [-0.1, -0.05) is 30.3 Å². The van der Waals surface area contributed by atoms with Gasteiger partial charge in [0.1, 0.15) is 0 Å². The minimum Gasteiger partial charge on any atom is -0.479 e. The van der Waals surface area contributed by atoms with Gasteiger partial charge in [0.25, 0.3) is 5.91 Å². The van der Waals surface area contributed by atoms with Crippen molar-refractivity contribution in [1.29, 1.82) is 0 Å². The van der Waals surface area contributed by atoms with E-state index in [-0.39, 0.29) is 5.91 Å². The fraction of sp³-hybridized carbons (Fsp3) is 0.300. The third-order valence-corrected chi connectivity index (χ3v) is 4.51. The molecule has 0 saturated carbocycles. The normalized spacial score (nSPS) is 15.4. The van der Waals surface area contributed by atoms with Crippen molar-refractivity contribution < 1.29 is 14.7 Å². The zero-order valence-electron chi connectivity index (χ0n) is 14.0. The summed E-state index contributed by atoms with van der Waals surface area (Å²) in [6, 6.07) is 15.0. The second-order valence-corrected chi connectivity index (χ2v) is 6.25. The number of carbonyl (C=O) groups excluding carboxylic acids is 1. The molecular formula is C20H22N2O3. The van der Waals surface area contributed by atoms with E-state index in [0.29, 0.717) is 11.1 Å². The topological polar surface area (TPSA) is 69.6 Å². The first-order valence-corrected chi connectivity index (χ1v) is 8.59. The van der Waals surface area contributed by atoms with Crippen LogP contribution in [0.1, 0.15) is 41.2 Å². The summed E-state index contributed by atoms with van der Waals surface area (Å²) in [6.07, 6.45) is 3.66. The molecule has 1 saturated heterocycles. The lowest BCUT2D eigenvalue weighted by Crippen LogP contribution is -2.33. The lowest BCUT2D eigenvalue weighted by atomic mass is 10.1. The van der Waals surface area contributed by atoms with E-state index in [1.54, 1.807) is 36.4 Å². The molecule has 0 spiro atoms. The van der Waals surface area contributed by atoms with Crippen molar-refractivity contribution in [2.24, 2.45) is 0 Å². The maximum Gasteiger partial charge on any atom is 0.330 e. The third-order valence-electron chi connectivity index (χ3n) is 4.51. The molecule has 0 aliphatic carbocycles. The molecule has 2 aromatic carbocycles. The van der Waals surface area contributed by atoms with Crippen LogP contribution >= 0.6 is 0 Å².